The van der Waals surface area contributed by atoms with Crippen LogP contribution in [-0.4, -0.2) is 41.0 Å². The summed E-state index contributed by atoms with van der Waals surface area (Å²) in [5.74, 6) is 0. The van der Waals surface area contributed by atoms with E-state index >= 15 is 0 Å². The highest BCUT2D eigenvalue weighted by atomic mass is 32.1. The van der Waals surface area contributed by atoms with E-state index in [9.17, 15) is 13.2 Å². The molecule has 0 saturated carbocycles. The summed E-state index contributed by atoms with van der Waals surface area (Å²) in [5.41, 5.74) is 1.08. The van der Waals surface area contributed by atoms with E-state index in [-0.39, 0.29) is 0 Å². The molecule has 3 rings (SSSR count). The van der Waals surface area contributed by atoms with E-state index in [2.05, 4.69) is 27.2 Å². The predicted octanol–water partition coefficient (Wildman–Crippen LogP) is 3.50. The van der Waals surface area contributed by atoms with E-state index < -0.39 is 11.1 Å². The summed E-state index contributed by atoms with van der Waals surface area (Å²) in [7, 11) is 0. The van der Waals surface area contributed by atoms with Crippen LogP contribution >= 0.6 is 22.7 Å². The summed E-state index contributed by atoms with van der Waals surface area (Å²) in [6.45, 7) is 5.88. The van der Waals surface area contributed by atoms with Gasteiger partial charge >= 0.3 is 6.18 Å². The lowest BCUT2D eigenvalue weighted by molar-refractivity contribution is -0.134. The molecule has 0 aliphatic carbocycles. The van der Waals surface area contributed by atoms with Gasteiger partial charge in [-0.3, -0.25) is 4.90 Å². The molecule has 23 heavy (non-hydrogen) atoms. The number of nitrogens with zero attached hydrogens (tertiary/aromatic N) is 4. The van der Waals surface area contributed by atoms with E-state index in [1.54, 1.807) is 11.3 Å². The van der Waals surface area contributed by atoms with Gasteiger partial charge in [0.15, 0.2) is 5.13 Å². The molecule has 2 aromatic heterocycles. The summed E-state index contributed by atoms with van der Waals surface area (Å²) in [6.07, 6.45) is -2.43. The molecule has 4 nitrogen and oxygen atoms in total. The van der Waals surface area contributed by atoms with Gasteiger partial charge in [0.05, 0.1) is 16.9 Å². The maximum absolute atomic E-state index is 12.6. The van der Waals surface area contributed by atoms with Crippen molar-refractivity contribution in [2.24, 2.45) is 0 Å². The van der Waals surface area contributed by atoms with Gasteiger partial charge in [-0.1, -0.05) is 18.3 Å². The minimum absolute atomic E-state index is 0.457. The Morgan fingerprint density at radius 2 is 1.96 bits per heavy atom. The highest BCUT2D eigenvalue weighted by Crippen LogP contribution is 2.36. The molecule has 2 aromatic rings. The monoisotopic (exact) mass is 362 g/mol. The van der Waals surface area contributed by atoms with Gasteiger partial charge in [-0.15, -0.1) is 11.3 Å². The first-order valence-corrected chi connectivity index (χ1v) is 9.09. The second kappa shape index (κ2) is 6.74. The van der Waals surface area contributed by atoms with Crippen molar-refractivity contribution in [1.29, 1.82) is 0 Å². The Bertz CT molecular complexity index is 644. The summed E-state index contributed by atoms with van der Waals surface area (Å²) < 4.78 is 37.9. The maximum atomic E-state index is 12.6. The van der Waals surface area contributed by atoms with Gasteiger partial charge in [-0.05, 0) is 6.42 Å². The smallest absolute Gasteiger partial charge is 0.346 e. The van der Waals surface area contributed by atoms with Gasteiger partial charge in [0.1, 0.15) is 4.88 Å². The largest absolute Gasteiger partial charge is 0.427 e. The van der Waals surface area contributed by atoms with Crippen molar-refractivity contribution in [3.63, 3.8) is 0 Å². The van der Waals surface area contributed by atoms with Gasteiger partial charge in [-0.2, -0.15) is 13.2 Å². The molecular weight excluding hydrogens is 345 g/mol. The molecular formula is C14H17F3N4S2. The normalized spacial score (nSPS) is 17.0. The summed E-state index contributed by atoms with van der Waals surface area (Å²) in [6, 6.07) is 0. The minimum Gasteiger partial charge on any atom is -0.346 e. The zero-order valence-corrected chi connectivity index (χ0v) is 14.3. The quantitative estimate of drug-likeness (QED) is 0.833. The van der Waals surface area contributed by atoms with Crippen LogP contribution in [0.4, 0.5) is 18.3 Å². The lowest BCUT2D eigenvalue weighted by atomic mass is 10.3. The second-order valence-electron chi connectivity index (χ2n) is 5.35. The first-order valence-electron chi connectivity index (χ1n) is 7.39. The van der Waals surface area contributed by atoms with E-state index in [1.165, 1.54) is 0 Å². The first-order chi connectivity index (χ1) is 11.0. The Balaban J connectivity index is 1.55. The number of thiazole rings is 2. The van der Waals surface area contributed by atoms with Crippen LogP contribution < -0.4 is 4.90 Å². The predicted molar refractivity (Wildman–Crippen MR) is 86.1 cm³/mol. The number of anilines is 1. The number of aryl methyl sites for hydroxylation is 1. The molecule has 9 heteroatoms. The first kappa shape index (κ1) is 16.7. The highest BCUT2D eigenvalue weighted by molar-refractivity contribution is 7.15. The molecule has 1 fully saturated rings. The van der Waals surface area contributed by atoms with Gasteiger partial charge in [0.2, 0.25) is 0 Å². The third kappa shape index (κ3) is 4.02. The topological polar surface area (TPSA) is 32.3 Å². The van der Waals surface area contributed by atoms with Crippen LogP contribution in [0.25, 0.3) is 0 Å². The second-order valence-corrected chi connectivity index (χ2v) is 7.31. The SMILES string of the molecule is CCc1nc(CN2CCN(c3ncc(C(F)(F)F)s3)CC2)cs1. The van der Waals surface area contributed by atoms with Crippen molar-refractivity contribution >= 4 is 27.8 Å². The molecule has 0 N–H and O–H groups in total. The molecule has 1 aliphatic rings. The lowest BCUT2D eigenvalue weighted by Gasteiger charge is -2.34. The number of piperazine rings is 1. The van der Waals surface area contributed by atoms with E-state index in [4.69, 9.17) is 0 Å². The number of halogens is 3. The maximum Gasteiger partial charge on any atom is 0.427 e. The molecule has 1 saturated heterocycles. The summed E-state index contributed by atoms with van der Waals surface area (Å²) in [4.78, 5) is 12.1. The number of aromatic nitrogens is 2. The fraction of sp³-hybridized carbons (Fsp3) is 0.571. The van der Waals surface area contributed by atoms with Crippen molar-refractivity contribution in [2.75, 3.05) is 31.1 Å². The zero-order chi connectivity index (χ0) is 16.4. The van der Waals surface area contributed by atoms with Crippen molar-refractivity contribution in [1.82, 2.24) is 14.9 Å². The van der Waals surface area contributed by atoms with Crippen LogP contribution in [0.15, 0.2) is 11.6 Å². The van der Waals surface area contributed by atoms with Crippen molar-refractivity contribution in [3.05, 3.63) is 27.2 Å². The zero-order valence-electron chi connectivity index (χ0n) is 12.6. The van der Waals surface area contributed by atoms with Gasteiger partial charge < -0.3 is 4.90 Å². The Morgan fingerprint density at radius 1 is 1.22 bits per heavy atom. The fourth-order valence-electron chi connectivity index (χ4n) is 2.45. The molecule has 3 heterocycles. The molecule has 0 atom stereocenters. The van der Waals surface area contributed by atoms with Crippen molar-refractivity contribution in [2.45, 2.75) is 26.1 Å². The van der Waals surface area contributed by atoms with Gasteiger partial charge in [-0.25, -0.2) is 9.97 Å². The average molecular weight is 362 g/mol. The Hall–Kier alpha value is -1.19. The standard InChI is InChI=1S/C14H17F3N4S2/c1-2-12-19-10(9-22-12)8-20-3-5-21(6-4-20)13-18-7-11(23-13)14(15,16)17/h7,9H,2-6,8H2,1H3. The third-order valence-corrected chi connectivity index (χ3v) is 5.85. The minimum atomic E-state index is -4.31. The van der Waals surface area contributed by atoms with Crippen LogP contribution in [0.2, 0.25) is 0 Å². The van der Waals surface area contributed by atoms with Crippen LogP contribution in [0, 0.1) is 0 Å². The number of hydrogen-bond donors (Lipinski definition) is 0. The van der Waals surface area contributed by atoms with Gasteiger partial charge in [0.25, 0.3) is 0 Å². The summed E-state index contributed by atoms with van der Waals surface area (Å²) >= 11 is 2.40. The molecule has 1 aliphatic heterocycles. The fourth-order valence-corrected chi connectivity index (χ4v) is 4.02. The Kier molecular flexibility index (Phi) is 4.88. The average Bonchev–Trinajstić information content (AvgIpc) is 3.16. The molecule has 0 bridgehead atoms. The van der Waals surface area contributed by atoms with Crippen LogP contribution in [0.1, 0.15) is 22.5 Å². The molecule has 126 valence electrons. The van der Waals surface area contributed by atoms with Crippen LogP contribution in [0.3, 0.4) is 0 Å². The Labute approximate surface area is 140 Å². The summed E-state index contributed by atoms with van der Waals surface area (Å²) in [5, 5.41) is 3.68. The highest BCUT2D eigenvalue weighted by Gasteiger charge is 2.34. The Morgan fingerprint density at radius 3 is 2.52 bits per heavy atom. The number of hydrogen-bond acceptors (Lipinski definition) is 6. The molecule has 0 amide bonds. The van der Waals surface area contributed by atoms with Crippen molar-refractivity contribution < 1.29 is 13.2 Å². The number of alkyl halides is 3. The molecule has 0 aromatic carbocycles. The van der Waals surface area contributed by atoms with E-state index in [0.717, 1.165) is 54.3 Å². The molecule has 0 spiro atoms. The van der Waals surface area contributed by atoms with E-state index in [0.29, 0.717) is 18.2 Å². The third-order valence-electron chi connectivity index (χ3n) is 3.70. The lowest BCUT2D eigenvalue weighted by Crippen LogP contribution is -2.46. The number of rotatable bonds is 4. The van der Waals surface area contributed by atoms with Gasteiger partial charge in [0, 0.05) is 38.1 Å². The van der Waals surface area contributed by atoms with Crippen LogP contribution in [0.5, 0.6) is 0 Å². The molecule has 0 unspecified atom stereocenters. The van der Waals surface area contributed by atoms with Crippen molar-refractivity contribution in [3.8, 4) is 0 Å². The van der Waals surface area contributed by atoms with E-state index in [1.807, 2.05) is 4.90 Å². The van der Waals surface area contributed by atoms with Crippen LogP contribution in [-0.2, 0) is 19.1 Å². The molecule has 0 radical (unpaired) electrons.